The maximum Gasteiger partial charge on any atom is 0.319 e. The molecule has 7 nitrogen and oxygen atoms in total. The Balaban J connectivity index is 1.97. The summed E-state index contributed by atoms with van der Waals surface area (Å²) in [5.41, 5.74) is -0.0747. The van der Waals surface area contributed by atoms with Crippen LogP contribution in [0.5, 0.6) is 0 Å². The quantitative estimate of drug-likeness (QED) is 0.585. The molecule has 114 valence electrons. The number of urea groups is 1. The van der Waals surface area contributed by atoms with Gasteiger partial charge in [-0.1, -0.05) is 18.9 Å². The van der Waals surface area contributed by atoms with Gasteiger partial charge in [0.1, 0.15) is 0 Å². The number of rotatable bonds is 4. The van der Waals surface area contributed by atoms with Crippen molar-refractivity contribution in [3.05, 3.63) is 33.9 Å². The second kappa shape index (κ2) is 6.09. The van der Waals surface area contributed by atoms with Gasteiger partial charge in [0.2, 0.25) is 0 Å². The van der Waals surface area contributed by atoms with Gasteiger partial charge in [0.25, 0.3) is 5.69 Å². The highest BCUT2D eigenvalue weighted by molar-refractivity contribution is 5.90. The van der Waals surface area contributed by atoms with E-state index in [4.69, 9.17) is 0 Å². The molecule has 0 radical (unpaired) electrons. The van der Waals surface area contributed by atoms with E-state index in [1.54, 1.807) is 13.0 Å². The lowest BCUT2D eigenvalue weighted by Crippen LogP contribution is -2.42. The number of carbonyl (C=O) groups excluding carboxylic acids is 1. The fourth-order valence-electron chi connectivity index (χ4n) is 2.58. The van der Waals surface area contributed by atoms with Crippen molar-refractivity contribution in [1.29, 1.82) is 0 Å². The highest BCUT2D eigenvalue weighted by atomic mass is 16.6. The third-order valence-electron chi connectivity index (χ3n) is 3.86. The van der Waals surface area contributed by atoms with Crippen molar-refractivity contribution in [2.75, 3.05) is 11.9 Å². The summed E-state index contributed by atoms with van der Waals surface area (Å²) < 4.78 is 0. The minimum atomic E-state index is -0.824. The Morgan fingerprint density at radius 2 is 2.10 bits per heavy atom. The van der Waals surface area contributed by atoms with E-state index in [0.29, 0.717) is 24.1 Å². The number of benzene rings is 1. The Kier molecular flexibility index (Phi) is 4.42. The molecule has 1 aromatic rings. The average molecular weight is 293 g/mol. The monoisotopic (exact) mass is 293 g/mol. The number of hydrogen-bond acceptors (Lipinski definition) is 4. The molecule has 0 aromatic heterocycles. The van der Waals surface area contributed by atoms with Gasteiger partial charge in [-0.2, -0.15) is 0 Å². The van der Waals surface area contributed by atoms with Crippen molar-refractivity contribution in [2.24, 2.45) is 0 Å². The fourth-order valence-corrected chi connectivity index (χ4v) is 2.58. The fraction of sp³-hybridized carbons (Fsp3) is 0.500. The van der Waals surface area contributed by atoms with Gasteiger partial charge in [-0.25, -0.2) is 4.79 Å². The molecule has 3 N–H and O–H groups in total. The minimum Gasteiger partial charge on any atom is -0.388 e. The molecule has 1 fully saturated rings. The lowest BCUT2D eigenvalue weighted by atomic mass is 10.0. The largest absolute Gasteiger partial charge is 0.388 e. The Bertz CT molecular complexity index is 553. The number of nitro benzene ring substituents is 1. The van der Waals surface area contributed by atoms with Crippen LogP contribution in [-0.4, -0.2) is 28.2 Å². The molecule has 1 saturated carbocycles. The highest BCUT2D eigenvalue weighted by Crippen LogP contribution is 2.29. The van der Waals surface area contributed by atoms with Gasteiger partial charge in [-0.3, -0.25) is 10.1 Å². The van der Waals surface area contributed by atoms with Crippen LogP contribution in [0.4, 0.5) is 16.2 Å². The molecule has 0 spiro atoms. The van der Waals surface area contributed by atoms with Crippen LogP contribution in [0.15, 0.2) is 18.2 Å². The third kappa shape index (κ3) is 3.69. The zero-order valence-corrected chi connectivity index (χ0v) is 11.9. The van der Waals surface area contributed by atoms with Gasteiger partial charge in [0.15, 0.2) is 0 Å². The molecular weight excluding hydrogens is 274 g/mol. The summed E-state index contributed by atoms with van der Waals surface area (Å²) in [6.45, 7) is 1.77. The van der Waals surface area contributed by atoms with Crippen LogP contribution in [0.25, 0.3) is 0 Å². The van der Waals surface area contributed by atoms with E-state index in [2.05, 4.69) is 10.6 Å². The van der Waals surface area contributed by atoms with Crippen LogP contribution in [0.3, 0.4) is 0 Å². The SMILES string of the molecule is Cc1c(NC(=O)NCC2(O)CCCC2)cccc1[N+](=O)[O-]. The van der Waals surface area contributed by atoms with Crippen LogP contribution in [-0.2, 0) is 0 Å². The van der Waals surface area contributed by atoms with E-state index in [9.17, 15) is 20.0 Å². The Hall–Kier alpha value is -2.15. The van der Waals surface area contributed by atoms with E-state index in [1.165, 1.54) is 12.1 Å². The molecule has 2 rings (SSSR count). The number of aliphatic hydroxyl groups is 1. The summed E-state index contributed by atoms with van der Waals surface area (Å²) in [4.78, 5) is 22.2. The van der Waals surface area contributed by atoms with Gasteiger partial charge >= 0.3 is 6.03 Å². The molecule has 0 atom stereocenters. The molecule has 0 saturated heterocycles. The van der Waals surface area contributed by atoms with Crippen molar-refractivity contribution in [3.63, 3.8) is 0 Å². The zero-order chi connectivity index (χ0) is 15.5. The Morgan fingerprint density at radius 3 is 2.71 bits per heavy atom. The molecule has 1 aromatic carbocycles. The predicted molar refractivity (Wildman–Crippen MR) is 78.3 cm³/mol. The lowest BCUT2D eigenvalue weighted by molar-refractivity contribution is -0.385. The first kappa shape index (κ1) is 15.2. The second-order valence-electron chi connectivity index (χ2n) is 5.45. The number of anilines is 1. The van der Waals surface area contributed by atoms with Crippen LogP contribution in [0.1, 0.15) is 31.2 Å². The van der Waals surface area contributed by atoms with E-state index in [0.717, 1.165) is 12.8 Å². The van der Waals surface area contributed by atoms with E-state index in [-0.39, 0.29) is 12.2 Å². The van der Waals surface area contributed by atoms with Gasteiger partial charge in [-0.15, -0.1) is 0 Å². The Labute approximate surface area is 122 Å². The molecule has 21 heavy (non-hydrogen) atoms. The van der Waals surface area contributed by atoms with Gasteiger partial charge in [0, 0.05) is 12.6 Å². The van der Waals surface area contributed by atoms with Crippen molar-refractivity contribution in [3.8, 4) is 0 Å². The second-order valence-corrected chi connectivity index (χ2v) is 5.45. The summed E-state index contributed by atoms with van der Waals surface area (Å²) >= 11 is 0. The summed E-state index contributed by atoms with van der Waals surface area (Å²) in [7, 11) is 0. The van der Waals surface area contributed by atoms with Gasteiger partial charge < -0.3 is 15.7 Å². The predicted octanol–water partition coefficient (Wildman–Crippen LogP) is 2.33. The Morgan fingerprint density at radius 1 is 1.43 bits per heavy atom. The number of hydrogen-bond donors (Lipinski definition) is 3. The standard InChI is InChI=1S/C14H19N3O4/c1-10-11(5-4-6-12(10)17(20)21)16-13(18)15-9-14(19)7-2-3-8-14/h4-6,19H,2-3,7-9H2,1H3,(H2,15,16,18). The first-order valence-corrected chi connectivity index (χ1v) is 6.92. The van der Waals surface area contributed by atoms with Crippen molar-refractivity contribution >= 4 is 17.4 Å². The maximum absolute atomic E-state index is 11.8. The molecule has 7 heteroatoms. The number of nitrogens with one attached hydrogen (secondary N) is 2. The summed E-state index contributed by atoms with van der Waals surface area (Å²) in [6.07, 6.45) is 3.29. The molecule has 1 aliphatic carbocycles. The highest BCUT2D eigenvalue weighted by Gasteiger charge is 2.31. The molecule has 0 bridgehead atoms. The van der Waals surface area contributed by atoms with Crippen LogP contribution >= 0.6 is 0 Å². The van der Waals surface area contributed by atoms with Gasteiger partial charge in [-0.05, 0) is 25.8 Å². The minimum absolute atomic E-state index is 0.0396. The van der Waals surface area contributed by atoms with Crippen molar-refractivity contribution in [2.45, 2.75) is 38.2 Å². The van der Waals surface area contributed by atoms with Crippen molar-refractivity contribution < 1.29 is 14.8 Å². The number of nitro groups is 1. The van der Waals surface area contributed by atoms with Crippen LogP contribution < -0.4 is 10.6 Å². The van der Waals surface area contributed by atoms with Crippen molar-refractivity contribution in [1.82, 2.24) is 5.32 Å². The first-order chi connectivity index (χ1) is 9.91. The van der Waals surface area contributed by atoms with E-state index < -0.39 is 16.6 Å². The molecular formula is C14H19N3O4. The summed E-state index contributed by atoms with van der Waals surface area (Å²) in [6, 6.07) is 4.04. The normalized spacial score (nSPS) is 16.5. The molecule has 0 heterocycles. The number of nitrogens with zero attached hydrogens (tertiary/aromatic N) is 1. The molecule has 0 aliphatic heterocycles. The average Bonchev–Trinajstić information content (AvgIpc) is 2.86. The topological polar surface area (TPSA) is 104 Å². The smallest absolute Gasteiger partial charge is 0.319 e. The summed E-state index contributed by atoms with van der Waals surface area (Å²) in [5, 5.41) is 26.2. The van der Waals surface area contributed by atoms with E-state index >= 15 is 0 Å². The van der Waals surface area contributed by atoms with E-state index in [1.807, 2.05) is 0 Å². The molecule has 2 amide bonds. The van der Waals surface area contributed by atoms with Crippen LogP contribution in [0.2, 0.25) is 0 Å². The lowest BCUT2D eigenvalue weighted by Gasteiger charge is -2.22. The molecule has 0 unspecified atom stereocenters. The van der Waals surface area contributed by atoms with Crippen LogP contribution in [0, 0.1) is 17.0 Å². The number of carbonyl (C=O) groups is 1. The zero-order valence-electron chi connectivity index (χ0n) is 11.9. The third-order valence-corrected chi connectivity index (χ3v) is 3.86. The first-order valence-electron chi connectivity index (χ1n) is 6.92. The number of amides is 2. The maximum atomic E-state index is 11.8. The molecule has 1 aliphatic rings. The summed E-state index contributed by atoms with van der Waals surface area (Å²) in [5.74, 6) is 0. The van der Waals surface area contributed by atoms with Gasteiger partial charge in [0.05, 0.1) is 21.8 Å².